The molecule has 0 aromatic heterocycles. The highest BCUT2D eigenvalue weighted by Crippen LogP contribution is 2.29. The summed E-state index contributed by atoms with van der Waals surface area (Å²) in [4.78, 5) is 0. The van der Waals surface area contributed by atoms with Crippen LogP contribution in [-0.4, -0.2) is 12.6 Å². The summed E-state index contributed by atoms with van der Waals surface area (Å²) in [6.07, 6.45) is 2.48. The van der Waals surface area contributed by atoms with Crippen LogP contribution >= 0.6 is 0 Å². The molecule has 1 N–H and O–H groups in total. The lowest BCUT2D eigenvalue weighted by Crippen LogP contribution is -2.30. The lowest BCUT2D eigenvalue weighted by molar-refractivity contribution is -0.137. The molecule has 0 fully saturated rings. The molecule has 0 saturated carbocycles. The number of alkyl halides is 3. The van der Waals surface area contributed by atoms with Crippen LogP contribution in [0.5, 0.6) is 0 Å². The third-order valence-electron chi connectivity index (χ3n) is 3.66. The van der Waals surface area contributed by atoms with Crippen molar-refractivity contribution >= 4 is 0 Å². The molecule has 120 valence electrons. The average molecular weight is 301 g/mol. The van der Waals surface area contributed by atoms with Gasteiger partial charge in [-0.05, 0) is 37.1 Å². The first-order valence-corrected chi connectivity index (χ1v) is 7.86. The van der Waals surface area contributed by atoms with Crippen LogP contribution < -0.4 is 5.32 Å². The number of rotatable bonds is 9. The Balaban J connectivity index is 2.54. The standard InChI is InChI=1S/C17H26F3N/c1-3-5-6-7-8-16(21-4-2)13-14-9-11-15(12-10-14)17(18,19)20/h9-12,16,21H,3-8,13H2,1-2H3. The van der Waals surface area contributed by atoms with Crippen LogP contribution in [0.15, 0.2) is 24.3 Å². The molecule has 1 aromatic carbocycles. The van der Waals surface area contributed by atoms with E-state index < -0.39 is 11.7 Å². The minimum atomic E-state index is -4.25. The Kier molecular flexibility index (Phi) is 7.79. The van der Waals surface area contributed by atoms with Crippen molar-refractivity contribution in [3.05, 3.63) is 35.4 Å². The van der Waals surface area contributed by atoms with Crippen molar-refractivity contribution in [2.45, 2.75) is 64.6 Å². The van der Waals surface area contributed by atoms with Gasteiger partial charge in [0, 0.05) is 6.04 Å². The number of unbranched alkanes of at least 4 members (excludes halogenated alkanes) is 3. The topological polar surface area (TPSA) is 12.0 Å². The Hall–Kier alpha value is -1.03. The summed E-state index contributed by atoms with van der Waals surface area (Å²) in [5.74, 6) is 0. The second-order valence-corrected chi connectivity index (χ2v) is 5.50. The molecule has 0 saturated heterocycles. The Labute approximate surface area is 125 Å². The number of halogens is 3. The number of hydrogen-bond donors (Lipinski definition) is 1. The van der Waals surface area contributed by atoms with Gasteiger partial charge < -0.3 is 5.32 Å². The quantitative estimate of drug-likeness (QED) is 0.618. The number of nitrogens with one attached hydrogen (secondary N) is 1. The molecule has 0 aliphatic carbocycles. The summed E-state index contributed by atoms with van der Waals surface area (Å²) in [5, 5.41) is 3.43. The Morgan fingerprint density at radius 2 is 1.67 bits per heavy atom. The minimum absolute atomic E-state index is 0.351. The molecule has 1 atom stereocenters. The first-order valence-electron chi connectivity index (χ1n) is 7.86. The molecule has 0 radical (unpaired) electrons. The van der Waals surface area contributed by atoms with Gasteiger partial charge in [0.25, 0.3) is 0 Å². The fourth-order valence-corrected chi connectivity index (χ4v) is 2.50. The van der Waals surface area contributed by atoms with Crippen molar-refractivity contribution in [3.8, 4) is 0 Å². The molecular weight excluding hydrogens is 275 g/mol. The number of benzene rings is 1. The third-order valence-corrected chi connectivity index (χ3v) is 3.66. The fourth-order valence-electron chi connectivity index (χ4n) is 2.50. The van der Waals surface area contributed by atoms with E-state index in [9.17, 15) is 13.2 Å². The molecule has 4 heteroatoms. The Morgan fingerprint density at radius 3 is 2.19 bits per heavy atom. The lowest BCUT2D eigenvalue weighted by Gasteiger charge is -2.18. The van der Waals surface area contributed by atoms with Gasteiger partial charge in [0.15, 0.2) is 0 Å². The lowest BCUT2D eigenvalue weighted by atomic mass is 9.99. The molecular formula is C17H26F3N. The first-order chi connectivity index (χ1) is 9.97. The predicted octanol–water partition coefficient (Wildman–Crippen LogP) is 5.20. The second-order valence-electron chi connectivity index (χ2n) is 5.50. The zero-order valence-electron chi connectivity index (χ0n) is 13.0. The van der Waals surface area contributed by atoms with Crippen molar-refractivity contribution in [2.75, 3.05) is 6.54 Å². The van der Waals surface area contributed by atoms with Crippen LogP contribution in [0.4, 0.5) is 13.2 Å². The molecule has 0 amide bonds. The molecule has 0 heterocycles. The maximum atomic E-state index is 12.5. The van der Waals surface area contributed by atoms with E-state index in [4.69, 9.17) is 0 Å². The van der Waals surface area contributed by atoms with Gasteiger partial charge in [0.05, 0.1) is 5.56 Å². The largest absolute Gasteiger partial charge is 0.416 e. The predicted molar refractivity (Wildman–Crippen MR) is 81.4 cm³/mol. The van der Waals surface area contributed by atoms with E-state index in [0.29, 0.717) is 6.04 Å². The van der Waals surface area contributed by atoms with Gasteiger partial charge in [-0.1, -0.05) is 51.7 Å². The van der Waals surface area contributed by atoms with Crippen LogP contribution in [0.2, 0.25) is 0 Å². The Bertz CT molecular complexity index is 384. The average Bonchev–Trinajstić information content (AvgIpc) is 2.43. The second kappa shape index (κ2) is 9.08. The molecule has 1 aromatic rings. The van der Waals surface area contributed by atoms with Crippen molar-refractivity contribution in [1.82, 2.24) is 5.32 Å². The first kappa shape index (κ1) is 18.0. The van der Waals surface area contributed by atoms with Crippen molar-refractivity contribution in [3.63, 3.8) is 0 Å². The van der Waals surface area contributed by atoms with E-state index >= 15 is 0 Å². The van der Waals surface area contributed by atoms with Gasteiger partial charge in [-0.15, -0.1) is 0 Å². The number of likely N-dealkylation sites (N-methyl/N-ethyl adjacent to an activating group) is 1. The SMILES string of the molecule is CCCCCCC(Cc1ccc(C(F)(F)F)cc1)NCC. The Morgan fingerprint density at radius 1 is 1.00 bits per heavy atom. The van der Waals surface area contributed by atoms with Gasteiger partial charge in [0.1, 0.15) is 0 Å². The van der Waals surface area contributed by atoms with Crippen molar-refractivity contribution in [2.24, 2.45) is 0 Å². The third kappa shape index (κ3) is 6.98. The molecule has 0 aliphatic rings. The normalized spacial score (nSPS) is 13.4. The van der Waals surface area contributed by atoms with E-state index in [0.717, 1.165) is 24.9 Å². The van der Waals surface area contributed by atoms with Crippen molar-refractivity contribution < 1.29 is 13.2 Å². The summed E-state index contributed by atoms with van der Waals surface area (Å²) in [6.45, 7) is 5.13. The smallest absolute Gasteiger partial charge is 0.314 e. The van der Waals surface area contributed by atoms with Gasteiger partial charge in [-0.2, -0.15) is 13.2 Å². The van der Waals surface area contributed by atoms with Crippen molar-refractivity contribution in [1.29, 1.82) is 0 Å². The number of hydrogen-bond acceptors (Lipinski definition) is 1. The van der Waals surface area contributed by atoms with E-state index in [1.54, 1.807) is 12.1 Å². The van der Waals surface area contributed by atoms with Crippen LogP contribution in [0.3, 0.4) is 0 Å². The van der Waals surface area contributed by atoms with Crippen LogP contribution in [0, 0.1) is 0 Å². The molecule has 1 nitrogen and oxygen atoms in total. The summed E-state index contributed by atoms with van der Waals surface area (Å²) in [7, 11) is 0. The van der Waals surface area contributed by atoms with Gasteiger partial charge in [-0.25, -0.2) is 0 Å². The maximum absolute atomic E-state index is 12.5. The van der Waals surface area contributed by atoms with E-state index in [1.165, 1.54) is 37.8 Å². The minimum Gasteiger partial charge on any atom is -0.314 e. The van der Waals surface area contributed by atoms with E-state index in [1.807, 2.05) is 0 Å². The van der Waals surface area contributed by atoms with E-state index in [2.05, 4.69) is 19.2 Å². The zero-order valence-corrected chi connectivity index (χ0v) is 13.0. The van der Waals surface area contributed by atoms with E-state index in [-0.39, 0.29) is 0 Å². The van der Waals surface area contributed by atoms with Crippen LogP contribution in [-0.2, 0) is 12.6 Å². The zero-order chi connectivity index (χ0) is 15.7. The highest BCUT2D eigenvalue weighted by molar-refractivity contribution is 5.25. The molecule has 0 spiro atoms. The highest BCUT2D eigenvalue weighted by atomic mass is 19.4. The molecule has 1 unspecified atom stereocenters. The summed E-state index contributed by atoms with van der Waals surface area (Å²) in [5.41, 5.74) is 0.388. The summed E-state index contributed by atoms with van der Waals surface area (Å²) < 4.78 is 37.6. The maximum Gasteiger partial charge on any atom is 0.416 e. The molecule has 21 heavy (non-hydrogen) atoms. The van der Waals surface area contributed by atoms with Gasteiger partial charge in [-0.3, -0.25) is 0 Å². The molecule has 1 rings (SSSR count). The monoisotopic (exact) mass is 301 g/mol. The van der Waals surface area contributed by atoms with Crippen LogP contribution in [0.1, 0.15) is 57.1 Å². The highest BCUT2D eigenvalue weighted by Gasteiger charge is 2.29. The van der Waals surface area contributed by atoms with Gasteiger partial charge in [0.2, 0.25) is 0 Å². The molecule has 0 bridgehead atoms. The summed E-state index contributed by atoms with van der Waals surface area (Å²) in [6, 6.07) is 5.90. The molecule has 0 aliphatic heterocycles. The van der Waals surface area contributed by atoms with Gasteiger partial charge >= 0.3 is 6.18 Å². The summed E-state index contributed by atoms with van der Waals surface area (Å²) >= 11 is 0. The van der Waals surface area contributed by atoms with Crippen LogP contribution in [0.25, 0.3) is 0 Å². The fraction of sp³-hybridized carbons (Fsp3) is 0.647.